The molecule has 3 atom stereocenters. The first kappa shape index (κ1) is 13.2. The van der Waals surface area contributed by atoms with E-state index in [9.17, 15) is 9.59 Å². The first-order valence-electron chi connectivity index (χ1n) is 7.15. The third-order valence-electron chi connectivity index (χ3n) is 4.25. The molecule has 2 amide bonds. The Morgan fingerprint density at radius 1 is 1.50 bits per heavy atom. The standard InChI is InChI=1S/C15H20N2O3/c1-9-5-12(9)13-4-3-11(20-13)8-17(2)15(19)10-6-14(18)16-7-10/h3-4,9-10,12H,5-8H2,1-2H3,(H,16,18). The van der Waals surface area contributed by atoms with Gasteiger partial charge in [0, 0.05) is 25.9 Å². The Morgan fingerprint density at radius 3 is 2.85 bits per heavy atom. The highest BCUT2D eigenvalue weighted by Gasteiger charge is 2.36. The molecule has 108 valence electrons. The summed E-state index contributed by atoms with van der Waals surface area (Å²) in [6, 6.07) is 3.96. The maximum atomic E-state index is 12.2. The van der Waals surface area contributed by atoms with Gasteiger partial charge in [0.15, 0.2) is 0 Å². The number of rotatable bonds is 4. The molecular weight excluding hydrogens is 256 g/mol. The average Bonchev–Trinajstić information content (AvgIpc) is 2.80. The molecule has 3 unspecified atom stereocenters. The zero-order chi connectivity index (χ0) is 14.3. The Hall–Kier alpha value is -1.78. The number of hydrogen-bond donors (Lipinski definition) is 1. The lowest BCUT2D eigenvalue weighted by Gasteiger charge is -2.18. The molecule has 2 fully saturated rings. The molecule has 0 spiro atoms. The molecule has 2 aliphatic rings. The van der Waals surface area contributed by atoms with Crippen molar-refractivity contribution in [1.29, 1.82) is 0 Å². The minimum Gasteiger partial charge on any atom is -0.464 e. The van der Waals surface area contributed by atoms with Crippen LogP contribution in [0.2, 0.25) is 0 Å². The van der Waals surface area contributed by atoms with Gasteiger partial charge in [-0.15, -0.1) is 0 Å². The summed E-state index contributed by atoms with van der Waals surface area (Å²) in [7, 11) is 1.76. The summed E-state index contributed by atoms with van der Waals surface area (Å²) in [6.07, 6.45) is 1.49. The summed E-state index contributed by atoms with van der Waals surface area (Å²) in [5.74, 6) is 2.84. The van der Waals surface area contributed by atoms with Crippen LogP contribution >= 0.6 is 0 Å². The van der Waals surface area contributed by atoms with Crippen molar-refractivity contribution >= 4 is 11.8 Å². The highest BCUT2D eigenvalue weighted by molar-refractivity contribution is 5.89. The van der Waals surface area contributed by atoms with Crippen LogP contribution < -0.4 is 5.32 Å². The van der Waals surface area contributed by atoms with Gasteiger partial charge in [0.05, 0.1) is 12.5 Å². The number of hydrogen-bond acceptors (Lipinski definition) is 3. The second-order valence-electron chi connectivity index (χ2n) is 6.02. The molecule has 0 bridgehead atoms. The zero-order valence-corrected chi connectivity index (χ0v) is 11.9. The zero-order valence-electron chi connectivity index (χ0n) is 11.9. The number of furan rings is 1. The monoisotopic (exact) mass is 276 g/mol. The van der Waals surface area contributed by atoms with Gasteiger partial charge in [-0.1, -0.05) is 6.92 Å². The van der Waals surface area contributed by atoms with Crippen molar-refractivity contribution in [1.82, 2.24) is 10.2 Å². The topological polar surface area (TPSA) is 62.6 Å². The molecule has 1 aromatic rings. The van der Waals surface area contributed by atoms with Gasteiger partial charge in [-0.25, -0.2) is 0 Å². The van der Waals surface area contributed by atoms with Gasteiger partial charge in [-0.2, -0.15) is 0 Å². The Labute approximate surface area is 118 Å². The van der Waals surface area contributed by atoms with Gasteiger partial charge in [-0.05, 0) is 24.5 Å². The SMILES string of the molecule is CC1CC1c1ccc(CN(C)C(=O)C2CNC(=O)C2)o1. The van der Waals surface area contributed by atoms with Crippen molar-refractivity contribution in [2.75, 3.05) is 13.6 Å². The van der Waals surface area contributed by atoms with E-state index in [0.717, 1.165) is 11.5 Å². The predicted molar refractivity (Wildman–Crippen MR) is 72.8 cm³/mol. The minimum atomic E-state index is -0.231. The van der Waals surface area contributed by atoms with E-state index < -0.39 is 0 Å². The van der Waals surface area contributed by atoms with Gasteiger partial charge < -0.3 is 14.6 Å². The summed E-state index contributed by atoms with van der Waals surface area (Å²) in [5.41, 5.74) is 0. The van der Waals surface area contributed by atoms with E-state index in [1.165, 1.54) is 6.42 Å². The summed E-state index contributed by atoms with van der Waals surface area (Å²) in [4.78, 5) is 25.0. The average molecular weight is 276 g/mol. The number of carbonyl (C=O) groups excluding carboxylic acids is 2. The van der Waals surface area contributed by atoms with Crippen LogP contribution in [0.4, 0.5) is 0 Å². The van der Waals surface area contributed by atoms with Gasteiger partial charge >= 0.3 is 0 Å². The van der Waals surface area contributed by atoms with Crippen LogP contribution in [-0.2, 0) is 16.1 Å². The van der Waals surface area contributed by atoms with Crippen LogP contribution in [0.3, 0.4) is 0 Å². The number of amides is 2. The molecule has 20 heavy (non-hydrogen) atoms. The Bertz CT molecular complexity index is 537. The van der Waals surface area contributed by atoms with E-state index in [1.807, 2.05) is 12.1 Å². The molecule has 0 radical (unpaired) electrons. The Balaban J connectivity index is 1.58. The van der Waals surface area contributed by atoms with Crippen molar-refractivity contribution in [2.45, 2.75) is 32.2 Å². The fourth-order valence-electron chi connectivity index (χ4n) is 2.80. The molecule has 1 aliphatic heterocycles. The van der Waals surface area contributed by atoms with Gasteiger partial charge in [0.2, 0.25) is 11.8 Å². The fraction of sp³-hybridized carbons (Fsp3) is 0.600. The lowest BCUT2D eigenvalue weighted by molar-refractivity contribution is -0.135. The van der Waals surface area contributed by atoms with Crippen molar-refractivity contribution in [3.63, 3.8) is 0 Å². The predicted octanol–water partition coefficient (Wildman–Crippen LogP) is 1.50. The summed E-state index contributed by atoms with van der Waals surface area (Å²) >= 11 is 0. The first-order valence-corrected chi connectivity index (χ1v) is 7.15. The van der Waals surface area contributed by atoms with E-state index in [2.05, 4.69) is 12.2 Å². The van der Waals surface area contributed by atoms with E-state index in [1.54, 1.807) is 11.9 Å². The number of nitrogens with zero attached hydrogens (tertiary/aromatic N) is 1. The van der Waals surface area contributed by atoms with Crippen LogP contribution in [0.5, 0.6) is 0 Å². The number of nitrogens with one attached hydrogen (secondary N) is 1. The largest absolute Gasteiger partial charge is 0.464 e. The Morgan fingerprint density at radius 2 is 2.25 bits per heavy atom. The lowest BCUT2D eigenvalue weighted by atomic mass is 10.1. The quantitative estimate of drug-likeness (QED) is 0.906. The molecule has 2 heterocycles. The molecule has 1 aliphatic carbocycles. The number of carbonyl (C=O) groups is 2. The first-order chi connectivity index (χ1) is 9.54. The molecule has 1 saturated carbocycles. The molecule has 0 aromatic carbocycles. The van der Waals surface area contributed by atoms with Crippen LogP contribution in [0.25, 0.3) is 0 Å². The molecular formula is C15H20N2O3. The molecule has 1 aromatic heterocycles. The van der Waals surface area contributed by atoms with Crippen LogP contribution in [-0.4, -0.2) is 30.3 Å². The highest BCUT2D eigenvalue weighted by Crippen LogP contribution is 2.47. The highest BCUT2D eigenvalue weighted by atomic mass is 16.3. The summed E-state index contributed by atoms with van der Waals surface area (Å²) in [6.45, 7) is 3.13. The van der Waals surface area contributed by atoms with Gasteiger partial charge in [0.25, 0.3) is 0 Å². The normalized spacial score (nSPS) is 28.3. The second-order valence-corrected chi connectivity index (χ2v) is 6.02. The van der Waals surface area contributed by atoms with Gasteiger partial charge in [0.1, 0.15) is 11.5 Å². The molecule has 3 rings (SSSR count). The second kappa shape index (κ2) is 4.96. The van der Waals surface area contributed by atoms with Crippen molar-refractivity contribution < 1.29 is 14.0 Å². The van der Waals surface area contributed by atoms with Crippen molar-refractivity contribution in [3.05, 3.63) is 23.7 Å². The third kappa shape index (κ3) is 2.57. The summed E-state index contributed by atoms with van der Waals surface area (Å²) < 4.78 is 5.81. The van der Waals surface area contributed by atoms with E-state index in [4.69, 9.17) is 4.42 Å². The van der Waals surface area contributed by atoms with Crippen LogP contribution in [0.15, 0.2) is 16.5 Å². The van der Waals surface area contributed by atoms with E-state index in [0.29, 0.717) is 31.3 Å². The van der Waals surface area contributed by atoms with Gasteiger partial charge in [-0.3, -0.25) is 9.59 Å². The molecule has 5 nitrogen and oxygen atoms in total. The molecule has 1 N–H and O–H groups in total. The van der Waals surface area contributed by atoms with Crippen molar-refractivity contribution in [3.8, 4) is 0 Å². The fourth-order valence-corrected chi connectivity index (χ4v) is 2.80. The maximum absolute atomic E-state index is 12.2. The maximum Gasteiger partial charge on any atom is 0.228 e. The van der Waals surface area contributed by atoms with Crippen molar-refractivity contribution in [2.24, 2.45) is 11.8 Å². The molecule has 5 heteroatoms. The molecule has 1 saturated heterocycles. The Kier molecular flexibility index (Phi) is 3.28. The van der Waals surface area contributed by atoms with E-state index >= 15 is 0 Å². The third-order valence-corrected chi connectivity index (χ3v) is 4.25. The minimum absolute atomic E-state index is 0.00101. The van der Waals surface area contributed by atoms with Crippen LogP contribution in [0.1, 0.15) is 37.2 Å². The van der Waals surface area contributed by atoms with E-state index in [-0.39, 0.29) is 17.7 Å². The summed E-state index contributed by atoms with van der Waals surface area (Å²) in [5, 5.41) is 2.69. The van der Waals surface area contributed by atoms with Crippen LogP contribution in [0, 0.1) is 11.8 Å². The smallest absolute Gasteiger partial charge is 0.228 e. The lowest BCUT2D eigenvalue weighted by Crippen LogP contribution is -2.33.